The summed E-state index contributed by atoms with van der Waals surface area (Å²) < 4.78 is 32.0. The van der Waals surface area contributed by atoms with E-state index in [4.69, 9.17) is 45.6 Å². The molecule has 16 nitrogen and oxygen atoms in total. The van der Waals surface area contributed by atoms with Gasteiger partial charge in [0.05, 0.1) is 39.8 Å². The van der Waals surface area contributed by atoms with Crippen LogP contribution in [0.5, 0.6) is 11.5 Å². The maximum Gasteiger partial charge on any atom is 0.325 e. The third-order valence-electron chi connectivity index (χ3n) is 7.28. The number of azide groups is 1. The van der Waals surface area contributed by atoms with E-state index in [0.29, 0.717) is 48.4 Å². The number of aldehydes is 1. The summed E-state index contributed by atoms with van der Waals surface area (Å²) in [5.74, 6) is -2.08. The van der Waals surface area contributed by atoms with Gasteiger partial charge in [0.1, 0.15) is 56.7 Å². The van der Waals surface area contributed by atoms with Crippen LogP contribution in [0.3, 0.4) is 0 Å². The normalized spacial score (nSPS) is 11.6. The number of unbranched alkanes of at least 4 members (excludes halogenated alkanes) is 1. The van der Waals surface area contributed by atoms with Crippen molar-refractivity contribution in [3.05, 3.63) is 57.4 Å². The highest BCUT2D eigenvalue weighted by Gasteiger charge is 2.24. The first kappa shape index (κ1) is 41.0. The Hall–Kier alpha value is -5.21. The van der Waals surface area contributed by atoms with E-state index in [1.165, 1.54) is 62.5 Å². The van der Waals surface area contributed by atoms with Gasteiger partial charge in [-0.05, 0) is 61.2 Å². The number of hydrogen-bond donors (Lipinski definition) is 0. The van der Waals surface area contributed by atoms with Gasteiger partial charge in [-0.3, -0.25) is 24.0 Å². The van der Waals surface area contributed by atoms with Crippen LogP contribution in [0, 0.1) is 0 Å². The van der Waals surface area contributed by atoms with Crippen LogP contribution in [0.1, 0.15) is 43.0 Å². The Morgan fingerprint density at radius 2 is 1.34 bits per heavy atom. The van der Waals surface area contributed by atoms with Crippen molar-refractivity contribution in [2.45, 2.75) is 44.8 Å². The van der Waals surface area contributed by atoms with Crippen molar-refractivity contribution in [3.8, 4) is 11.5 Å². The number of hydrogen-bond acceptors (Lipinski definition) is 14. The lowest BCUT2D eigenvalue weighted by molar-refractivity contribution is -0.141. The maximum absolute atomic E-state index is 12.3. The number of rotatable bonds is 22. The van der Waals surface area contributed by atoms with Gasteiger partial charge in [0.25, 0.3) is 0 Å². The summed E-state index contributed by atoms with van der Waals surface area (Å²) in [7, 11) is 4.86. The average Bonchev–Trinajstić information content (AvgIpc) is 3.11. The lowest BCUT2D eigenvalue weighted by atomic mass is 10.1. The second-order valence-corrected chi connectivity index (χ2v) is 11.3. The zero-order valence-electron chi connectivity index (χ0n) is 28.7. The molecule has 50 heavy (non-hydrogen) atoms. The van der Waals surface area contributed by atoms with Crippen LogP contribution in [-0.4, -0.2) is 104 Å². The largest absolute Gasteiger partial charge is 0.488 e. The van der Waals surface area contributed by atoms with Gasteiger partial charge in [0, 0.05) is 21.5 Å². The quantitative estimate of drug-likeness (QED) is 0.0313. The molecule has 0 amide bonds. The minimum Gasteiger partial charge on any atom is -0.488 e. The number of anilines is 2. The van der Waals surface area contributed by atoms with Crippen LogP contribution >= 0.6 is 11.6 Å². The minimum atomic E-state index is -0.676. The molecule has 0 aromatic heterocycles. The lowest BCUT2D eigenvalue weighted by Crippen LogP contribution is -2.36. The number of esters is 4. The Morgan fingerprint density at radius 3 is 1.86 bits per heavy atom. The molecule has 0 bridgehead atoms. The molecular formula is C33H42ClN5O11. The predicted octanol–water partition coefficient (Wildman–Crippen LogP) is 4.54. The Bertz CT molecular complexity index is 1480. The van der Waals surface area contributed by atoms with E-state index in [9.17, 15) is 24.0 Å². The average molecular weight is 720 g/mol. The van der Waals surface area contributed by atoms with Gasteiger partial charge in [0.2, 0.25) is 0 Å². The Labute approximate surface area is 295 Å². The standard InChI is InChI=1S/C33H42ClN5O11/c1-22(36-37-35)8-6-7-9-25(50-28-13-11-24(34)15-27(28)39(18-32(43)47-4)19-33(44)48-5)21-49-29-14-23(20-40)10-12-26(29)38(16-30(41)45-2)17-31(42)46-3/h10-15,20,22,25H,6-9,16-19,21H2,1-5H3. The zero-order valence-corrected chi connectivity index (χ0v) is 29.4. The highest BCUT2D eigenvalue weighted by atomic mass is 35.5. The van der Waals surface area contributed by atoms with Crippen LogP contribution in [0.4, 0.5) is 11.4 Å². The Balaban J connectivity index is 2.52. The van der Waals surface area contributed by atoms with Gasteiger partial charge in [-0.1, -0.05) is 30.1 Å². The molecular weight excluding hydrogens is 678 g/mol. The van der Waals surface area contributed by atoms with Crippen LogP contribution < -0.4 is 19.3 Å². The molecule has 2 aromatic carbocycles. The molecule has 0 fully saturated rings. The maximum atomic E-state index is 12.3. The lowest BCUT2D eigenvalue weighted by Gasteiger charge is -2.28. The van der Waals surface area contributed by atoms with Gasteiger partial charge in [-0.25, -0.2) is 0 Å². The Kier molecular flexibility index (Phi) is 17.8. The predicted molar refractivity (Wildman–Crippen MR) is 183 cm³/mol. The van der Waals surface area contributed by atoms with Crippen molar-refractivity contribution in [1.29, 1.82) is 0 Å². The summed E-state index contributed by atoms with van der Waals surface area (Å²) in [6.07, 6.45) is 2.30. The SMILES string of the molecule is COC(=O)CN(CC(=O)OC)c1ccc(C=O)cc1OCC(CCCCC(C)N=[N+]=[N-])Oc1ccc(Cl)cc1N(CC(=O)OC)CC(=O)OC. The fourth-order valence-electron chi connectivity index (χ4n) is 4.65. The van der Waals surface area contributed by atoms with E-state index < -0.39 is 30.0 Å². The minimum absolute atomic E-state index is 0.0957. The summed E-state index contributed by atoms with van der Waals surface area (Å²) in [4.78, 5) is 66.5. The summed E-state index contributed by atoms with van der Waals surface area (Å²) in [5, 5.41) is 4.02. The molecule has 0 aliphatic rings. The fraction of sp³-hybridized carbons (Fsp3) is 0.485. The van der Waals surface area contributed by atoms with Gasteiger partial charge in [-0.15, -0.1) is 0 Å². The highest BCUT2D eigenvalue weighted by molar-refractivity contribution is 6.31. The van der Waals surface area contributed by atoms with Crippen molar-refractivity contribution in [2.24, 2.45) is 5.11 Å². The molecule has 272 valence electrons. The molecule has 0 spiro atoms. The van der Waals surface area contributed by atoms with Crippen LogP contribution in [0.25, 0.3) is 10.4 Å². The molecule has 2 aromatic rings. The van der Waals surface area contributed by atoms with E-state index in [1.54, 1.807) is 12.1 Å². The van der Waals surface area contributed by atoms with E-state index >= 15 is 0 Å². The molecule has 2 atom stereocenters. The molecule has 0 heterocycles. The zero-order chi connectivity index (χ0) is 37.1. The van der Waals surface area contributed by atoms with Crippen molar-refractivity contribution >= 4 is 53.1 Å². The first-order valence-electron chi connectivity index (χ1n) is 15.5. The molecule has 0 saturated heterocycles. The second-order valence-electron chi connectivity index (χ2n) is 10.9. The number of ether oxygens (including phenoxy) is 6. The van der Waals surface area contributed by atoms with Crippen molar-refractivity contribution in [1.82, 2.24) is 0 Å². The topological polar surface area (TPSA) is 196 Å². The number of methoxy groups -OCH3 is 4. The molecule has 0 aliphatic carbocycles. The number of benzene rings is 2. The molecule has 0 radical (unpaired) electrons. The first-order chi connectivity index (χ1) is 24.0. The van der Waals surface area contributed by atoms with Gasteiger partial charge < -0.3 is 38.2 Å². The monoisotopic (exact) mass is 719 g/mol. The van der Waals surface area contributed by atoms with Crippen molar-refractivity contribution in [3.63, 3.8) is 0 Å². The fourth-order valence-corrected chi connectivity index (χ4v) is 4.81. The number of carbonyl (C=O) groups excluding carboxylic acids is 5. The third kappa shape index (κ3) is 13.7. The first-order valence-corrected chi connectivity index (χ1v) is 15.9. The number of halogens is 1. The molecule has 0 aliphatic heterocycles. The summed E-state index contributed by atoms with van der Waals surface area (Å²) in [6.45, 7) is 0.426. The summed E-state index contributed by atoms with van der Waals surface area (Å²) >= 11 is 6.33. The molecule has 2 rings (SSSR count). The van der Waals surface area contributed by atoms with Gasteiger partial charge in [-0.2, -0.15) is 0 Å². The van der Waals surface area contributed by atoms with Crippen molar-refractivity contribution in [2.75, 3.05) is 71.0 Å². The molecule has 0 saturated carbocycles. The van der Waals surface area contributed by atoms with E-state index in [-0.39, 0.29) is 55.9 Å². The highest BCUT2D eigenvalue weighted by Crippen LogP contribution is 2.34. The number of nitrogens with zero attached hydrogens (tertiary/aromatic N) is 5. The molecule has 2 unspecified atom stereocenters. The Morgan fingerprint density at radius 1 is 0.800 bits per heavy atom. The second kappa shape index (κ2) is 21.7. The number of carbonyl (C=O) groups is 5. The smallest absolute Gasteiger partial charge is 0.325 e. The van der Waals surface area contributed by atoms with E-state index in [0.717, 1.165) is 0 Å². The summed E-state index contributed by atoms with van der Waals surface area (Å²) in [6, 6.07) is 8.99. The van der Waals surface area contributed by atoms with E-state index in [2.05, 4.69) is 10.0 Å². The van der Waals surface area contributed by atoms with E-state index in [1.807, 2.05) is 6.92 Å². The van der Waals surface area contributed by atoms with Gasteiger partial charge in [0.15, 0.2) is 0 Å². The van der Waals surface area contributed by atoms with Crippen LogP contribution in [0.2, 0.25) is 5.02 Å². The molecule has 17 heteroatoms. The van der Waals surface area contributed by atoms with Crippen molar-refractivity contribution < 1.29 is 52.4 Å². The van der Waals surface area contributed by atoms with Crippen LogP contribution in [0.15, 0.2) is 41.5 Å². The third-order valence-corrected chi connectivity index (χ3v) is 7.51. The summed E-state index contributed by atoms with van der Waals surface area (Å²) in [5.41, 5.74) is 9.64. The van der Waals surface area contributed by atoms with Gasteiger partial charge >= 0.3 is 23.9 Å². The molecule has 0 N–H and O–H groups in total. The van der Waals surface area contributed by atoms with Crippen LogP contribution in [-0.2, 0) is 38.1 Å².